The minimum Gasteiger partial charge on any atom is -0.502 e. The van der Waals surface area contributed by atoms with Gasteiger partial charge in [0, 0.05) is 0 Å². The third-order valence-electron chi connectivity index (χ3n) is 2.07. The fraction of sp³-hybridized carbons (Fsp3) is 0.455. The van der Waals surface area contributed by atoms with Crippen LogP contribution in [0.4, 0.5) is 0 Å². The number of rotatable bonds is 4. The van der Waals surface area contributed by atoms with Crippen LogP contribution < -0.4 is 9.47 Å². The molecule has 15 heavy (non-hydrogen) atoms. The Labute approximate surface area is 89.1 Å². The molecule has 4 heteroatoms. The van der Waals surface area contributed by atoms with Crippen molar-refractivity contribution in [1.82, 2.24) is 0 Å². The van der Waals surface area contributed by atoms with Gasteiger partial charge in [-0.2, -0.15) is 0 Å². The van der Waals surface area contributed by atoms with Crippen molar-refractivity contribution < 1.29 is 19.7 Å². The molecule has 84 valence electrons. The van der Waals surface area contributed by atoms with Crippen molar-refractivity contribution in [3.63, 3.8) is 0 Å². The maximum Gasteiger partial charge on any atom is 0.200 e. The zero-order chi connectivity index (χ0) is 11.4. The van der Waals surface area contributed by atoms with Crippen molar-refractivity contribution in [1.29, 1.82) is 0 Å². The lowest BCUT2D eigenvalue weighted by Crippen LogP contribution is -2.04. The van der Waals surface area contributed by atoms with E-state index in [1.165, 1.54) is 14.2 Å². The van der Waals surface area contributed by atoms with Gasteiger partial charge in [-0.15, -0.1) is 0 Å². The molecular weight excluding hydrogens is 196 g/mol. The highest BCUT2D eigenvalue weighted by atomic mass is 16.5. The summed E-state index contributed by atoms with van der Waals surface area (Å²) in [6, 6.07) is 3.37. The molecule has 0 saturated carbocycles. The monoisotopic (exact) mass is 212 g/mol. The van der Waals surface area contributed by atoms with E-state index in [-0.39, 0.29) is 5.75 Å². The van der Waals surface area contributed by atoms with Crippen LogP contribution in [0.5, 0.6) is 17.2 Å². The molecule has 1 rings (SSSR count). The SMILES string of the molecule is COc1cc(C[C@H](C)O)cc(OC)c1O. The predicted octanol–water partition coefficient (Wildman–Crippen LogP) is 1.33. The van der Waals surface area contributed by atoms with Crippen LogP contribution in [0.3, 0.4) is 0 Å². The van der Waals surface area contributed by atoms with Crippen molar-refractivity contribution in [3.05, 3.63) is 17.7 Å². The molecule has 4 nitrogen and oxygen atoms in total. The minimum absolute atomic E-state index is 0.0191. The van der Waals surface area contributed by atoms with Gasteiger partial charge in [0.05, 0.1) is 20.3 Å². The second-order valence-corrected chi connectivity index (χ2v) is 3.40. The molecule has 0 aliphatic rings. The van der Waals surface area contributed by atoms with E-state index in [0.717, 1.165) is 5.56 Å². The van der Waals surface area contributed by atoms with E-state index in [4.69, 9.17) is 9.47 Å². The predicted molar refractivity (Wildman–Crippen MR) is 56.6 cm³/mol. The zero-order valence-electron chi connectivity index (χ0n) is 9.15. The van der Waals surface area contributed by atoms with Crippen molar-refractivity contribution in [2.45, 2.75) is 19.4 Å². The summed E-state index contributed by atoms with van der Waals surface area (Å²) in [6.45, 7) is 1.70. The molecule has 1 aromatic carbocycles. The number of aromatic hydroxyl groups is 1. The normalized spacial score (nSPS) is 12.3. The number of phenols is 1. The van der Waals surface area contributed by atoms with Crippen LogP contribution in [0.25, 0.3) is 0 Å². The largest absolute Gasteiger partial charge is 0.502 e. The summed E-state index contributed by atoms with van der Waals surface area (Å²) < 4.78 is 10.00. The summed E-state index contributed by atoms with van der Waals surface area (Å²) in [6.07, 6.45) is 0.0523. The first-order valence-electron chi connectivity index (χ1n) is 4.70. The number of hydrogen-bond donors (Lipinski definition) is 2. The Morgan fingerprint density at radius 1 is 1.20 bits per heavy atom. The maximum atomic E-state index is 9.63. The van der Waals surface area contributed by atoms with Crippen LogP contribution in [0, 0.1) is 0 Å². The average Bonchev–Trinajstić information content (AvgIpc) is 2.19. The van der Waals surface area contributed by atoms with Gasteiger partial charge in [-0.05, 0) is 31.0 Å². The quantitative estimate of drug-likeness (QED) is 0.790. The van der Waals surface area contributed by atoms with E-state index < -0.39 is 6.10 Å². The molecule has 0 heterocycles. The highest BCUT2D eigenvalue weighted by Gasteiger charge is 2.11. The van der Waals surface area contributed by atoms with E-state index in [9.17, 15) is 10.2 Å². The van der Waals surface area contributed by atoms with Crippen LogP contribution in [0.2, 0.25) is 0 Å². The lowest BCUT2D eigenvalue weighted by Gasteiger charge is -2.12. The highest BCUT2D eigenvalue weighted by molar-refractivity contribution is 5.52. The second-order valence-electron chi connectivity index (χ2n) is 3.40. The maximum absolute atomic E-state index is 9.63. The first-order chi connectivity index (χ1) is 7.08. The van der Waals surface area contributed by atoms with Gasteiger partial charge in [0.25, 0.3) is 0 Å². The number of benzene rings is 1. The van der Waals surface area contributed by atoms with E-state index in [1.807, 2.05) is 0 Å². The molecule has 0 radical (unpaired) electrons. The van der Waals surface area contributed by atoms with Gasteiger partial charge >= 0.3 is 0 Å². The molecule has 1 aromatic rings. The fourth-order valence-electron chi connectivity index (χ4n) is 1.41. The molecule has 0 saturated heterocycles. The smallest absolute Gasteiger partial charge is 0.200 e. The summed E-state index contributed by atoms with van der Waals surface area (Å²) in [7, 11) is 2.95. The molecule has 0 bridgehead atoms. The van der Waals surface area contributed by atoms with Gasteiger partial charge in [-0.1, -0.05) is 0 Å². The number of ether oxygens (including phenoxy) is 2. The summed E-state index contributed by atoms with van der Waals surface area (Å²) in [4.78, 5) is 0. The van der Waals surface area contributed by atoms with E-state index in [2.05, 4.69) is 0 Å². The fourth-order valence-corrected chi connectivity index (χ4v) is 1.41. The number of methoxy groups -OCH3 is 2. The highest BCUT2D eigenvalue weighted by Crippen LogP contribution is 2.37. The Bertz CT molecular complexity index is 308. The van der Waals surface area contributed by atoms with Crippen LogP contribution >= 0.6 is 0 Å². The molecule has 0 aromatic heterocycles. The molecular formula is C11H16O4. The number of phenolic OH excluding ortho intramolecular Hbond substituents is 1. The van der Waals surface area contributed by atoms with Crippen molar-refractivity contribution >= 4 is 0 Å². The van der Waals surface area contributed by atoms with Crippen LogP contribution in [-0.4, -0.2) is 30.5 Å². The van der Waals surface area contributed by atoms with Crippen molar-refractivity contribution in [2.24, 2.45) is 0 Å². The average molecular weight is 212 g/mol. The van der Waals surface area contributed by atoms with Crippen LogP contribution in [-0.2, 0) is 6.42 Å². The third kappa shape index (κ3) is 2.76. The molecule has 0 fully saturated rings. The Morgan fingerprint density at radius 3 is 2.00 bits per heavy atom. The lowest BCUT2D eigenvalue weighted by atomic mass is 10.1. The van der Waals surface area contributed by atoms with Gasteiger partial charge in [0.15, 0.2) is 11.5 Å². The Morgan fingerprint density at radius 2 is 1.67 bits per heavy atom. The topological polar surface area (TPSA) is 58.9 Å². The molecule has 1 atom stereocenters. The van der Waals surface area contributed by atoms with Gasteiger partial charge in [0.1, 0.15) is 0 Å². The number of aliphatic hydroxyl groups is 1. The zero-order valence-corrected chi connectivity index (χ0v) is 9.15. The Balaban J connectivity index is 3.09. The van der Waals surface area contributed by atoms with Crippen molar-refractivity contribution in [2.75, 3.05) is 14.2 Å². The third-order valence-corrected chi connectivity index (χ3v) is 2.07. The standard InChI is InChI=1S/C11H16O4/c1-7(12)4-8-5-9(14-2)11(13)10(6-8)15-3/h5-7,12-13H,4H2,1-3H3/t7-/m0/s1. The number of aliphatic hydroxyl groups excluding tert-OH is 1. The Hall–Kier alpha value is -1.42. The van der Waals surface area contributed by atoms with E-state index >= 15 is 0 Å². The molecule has 0 aliphatic carbocycles. The first kappa shape index (κ1) is 11.7. The second kappa shape index (κ2) is 4.89. The van der Waals surface area contributed by atoms with Gasteiger partial charge in [-0.3, -0.25) is 0 Å². The molecule has 0 spiro atoms. The Kier molecular flexibility index (Phi) is 3.80. The first-order valence-corrected chi connectivity index (χ1v) is 4.70. The summed E-state index contributed by atoms with van der Waals surface area (Å²) in [5, 5.41) is 18.9. The summed E-state index contributed by atoms with van der Waals surface area (Å²) in [5.41, 5.74) is 0.858. The number of hydrogen-bond acceptors (Lipinski definition) is 4. The van der Waals surface area contributed by atoms with Crippen molar-refractivity contribution in [3.8, 4) is 17.2 Å². The molecule has 2 N–H and O–H groups in total. The minimum atomic E-state index is -0.441. The molecule has 0 unspecified atom stereocenters. The van der Waals surface area contributed by atoms with Crippen LogP contribution in [0.15, 0.2) is 12.1 Å². The van der Waals surface area contributed by atoms with Gasteiger partial charge in [-0.25, -0.2) is 0 Å². The lowest BCUT2D eigenvalue weighted by molar-refractivity contribution is 0.195. The van der Waals surface area contributed by atoms with E-state index in [0.29, 0.717) is 17.9 Å². The molecule has 0 aliphatic heterocycles. The van der Waals surface area contributed by atoms with Gasteiger partial charge < -0.3 is 19.7 Å². The van der Waals surface area contributed by atoms with Crippen LogP contribution in [0.1, 0.15) is 12.5 Å². The van der Waals surface area contributed by atoms with Gasteiger partial charge in [0.2, 0.25) is 5.75 Å². The summed E-state index contributed by atoms with van der Waals surface area (Å²) in [5.74, 6) is 0.685. The van der Waals surface area contributed by atoms with E-state index in [1.54, 1.807) is 19.1 Å². The molecule has 0 amide bonds. The summed E-state index contributed by atoms with van der Waals surface area (Å²) >= 11 is 0.